The molecule has 2 heterocycles. The third kappa shape index (κ3) is 4.12. The number of carbonyl (C=O) groups is 2. The fourth-order valence-corrected chi connectivity index (χ4v) is 3.35. The monoisotopic (exact) mass is 407 g/mol. The first-order chi connectivity index (χ1) is 14.4. The van der Waals surface area contributed by atoms with Gasteiger partial charge in [0.1, 0.15) is 5.75 Å². The van der Waals surface area contributed by atoms with Crippen molar-refractivity contribution in [3.8, 4) is 5.75 Å². The third-order valence-corrected chi connectivity index (χ3v) is 5.14. The van der Waals surface area contributed by atoms with Gasteiger partial charge in [0.05, 0.1) is 17.1 Å². The van der Waals surface area contributed by atoms with Gasteiger partial charge in [-0.15, -0.1) is 0 Å². The van der Waals surface area contributed by atoms with Crippen LogP contribution in [0.5, 0.6) is 5.75 Å². The molecule has 0 radical (unpaired) electrons. The Hall–Kier alpha value is -3.42. The van der Waals surface area contributed by atoms with Gasteiger partial charge in [0.2, 0.25) is 0 Å². The van der Waals surface area contributed by atoms with Crippen molar-refractivity contribution in [3.05, 3.63) is 53.3 Å². The molecule has 0 atom stereocenters. The predicted octanol–water partition coefficient (Wildman–Crippen LogP) is 2.76. The number of aromatic hydroxyl groups is 1. The van der Waals surface area contributed by atoms with Crippen molar-refractivity contribution < 1.29 is 14.7 Å². The van der Waals surface area contributed by atoms with Gasteiger partial charge in [-0.05, 0) is 57.0 Å². The Morgan fingerprint density at radius 1 is 1.13 bits per heavy atom. The maximum absolute atomic E-state index is 12.9. The van der Waals surface area contributed by atoms with E-state index in [1.165, 1.54) is 12.1 Å². The van der Waals surface area contributed by atoms with Crippen LogP contribution < -0.4 is 10.6 Å². The molecule has 0 aliphatic heterocycles. The highest BCUT2D eigenvalue weighted by Crippen LogP contribution is 2.40. The summed E-state index contributed by atoms with van der Waals surface area (Å²) in [4.78, 5) is 29.7. The first-order valence-electron chi connectivity index (χ1n) is 10.2. The Labute approximate surface area is 174 Å². The van der Waals surface area contributed by atoms with Crippen molar-refractivity contribution in [2.24, 2.45) is 0 Å². The van der Waals surface area contributed by atoms with Crippen molar-refractivity contribution in [1.82, 2.24) is 25.4 Å². The first-order valence-corrected chi connectivity index (χ1v) is 10.2. The molecule has 8 nitrogen and oxygen atoms in total. The highest BCUT2D eigenvalue weighted by atomic mass is 16.3. The van der Waals surface area contributed by atoms with Crippen molar-refractivity contribution in [1.29, 1.82) is 0 Å². The molecule has 0 unspecified atom stereocenters. The fourth-order valence-electron chi connectivity index (χ4n) is 3.35. The van der Waals surface area contributed by atoms with Crippen LogP contribution in [0.3, 0.4) is 0 Å². The molecule has 0 saturated heterocycles. The van der Waals surface area contributed by atoms with E-state index in [4.69, 9.17) is 4.98 Å². The van der Waals surface area contributed by atoms with E-state index in [1.54, 1.807) is 18.3 Å². The van der Waals surface area contributed by atoms with E-state index in [0.29, 0.717) is 30.1 Å². The molecule has 1 aliphatic carbocycles. The van der Waals surface area contributed by atoms with E-state index in [0.717, 1.165) is 29.6 Å². The van der Waals surface area contributed by atoms with Crippen molar-refractivity contribution in [3.63, 3.8) is 0 Å². The molecule has 2 amide bonds. The molecule has 1 aromatic carbocycles. The van der Waals surface area contributed by atoms with Crippen LogP contribution in [0.25, 0.3) is 11.0 Å². The fraction of sp³-hybridized carbons (Fsp3) is 0.364. The summed E-state index contributed by atoms with van der Waals surface area (Å²) in [5.74, 6) is 0.0613. The first kappa shape index (κ1) is 19.9. The highest BCUT2D eigenvalue weighted by molar-refractivity contribution is 6.05. The zero-order valence-corrected chi connectivity index (χ0v) is 17.1. The summed E-state index contributed by atoms with van der Waals surface area (Å²) in [6.07, 6.45) is 3.89. The summed E-state index contributed by atoms with van der Waals surface area (Å²) in [6.45, 7) is 4.66. The molecule has 1 fully saturated rings. The molecular formula is C22H25N5O3. The van der Waals surface area contributed by atoms with Gasteiger partial charge in [0.25, 0.3) is 11.8 Å². The van der Waals surface area contributed by atoms with Gasteiger partial charge in [-0.25, -0.2) is 9.67 Å². The third-order valence-electron chi connectivity index (χ3n) is 5.14. The van der Waals surface area contributed by atoms with Crippen LogP contribution in [-0.4, -0.2) is 44.8 Å². The van der Waals surface area contributed by atoms with Crippen molar-refractivity contribution in [2.45, 2.75) is 38.6 Å². The molecule has 30 heavy (non-hydrogen) atoms. The minimum Gasteiger partial charge on any atom is -0.508 e. The SMILES string of the molecule is CC(C)n1ncc2c(C(=O)NCCNC(=O)c3ccc(O)cc3)cc(C3CC3)nc21. The lowest BCUT2D eigenvalue weighted by atomic mass is 10.1. The molecule has 156 valence electrons. The van der Waals surface area contributed by atoms with Crippen LogP contribution in [0.1, 0.15) is 65.1 Å². The number of hydrogen-bond acceptors (Lipinski definition) is 5. The lowest BCUT2D eigenvalue weighted by Crippen LogP contribution is -2.34. The van der Waals surface area contributed by atoms with Crippen LogP contribution in [-0.2, 0) is 0 Å². The summed E-state index contributed by atoms with van der Waals surface area (Å²) in [6, 6.07) is 8.03. The summed E-state index contributed by atoms with van der Waals surface area (Å²) < 4.78 is 1.84. The van der Waals surface area contributed by atoms with Gasteiger partial charge in [-0.3, -0.25) is 9.59 Å². The second kappa shape index (κ2) is 8.14. The number of benzene rings is 1. The van der Waals surface area contributed by atoms with Crippen molar-refractivity contribution >= 4 is 22.8 Å². The largest absolute Gasteiger partial charge is 0.508 e. The number of rotatable bonds is 7. The summed E-state index contributed by atoms with van der Waals surface area (Å²) in [5.41, 5.74) is 2.69. The molecule has 3 aromatic rings. The molecule has 4 rings (SSSR count). The Bertz CT molecular complexity index is 1080. The van der Waals surface area contributed by atoms with Crippen LogP contribution >= 0.6 is 0 Å². The number of fused-ring (bicyclic) bond motifs is 1. The van der Waals surface area contributed by atoms with Gasteiger partial charge in [-0.1, -0.05) is 0 Å². The summed E-state index contributed by atoms with van der Waals surface area (Å²) >= 11 is 0. The maximum atomic E-state index is 12.9. The number of pyridine rings is 1. The van der Waals surface area contributed by atoms with Gasteiger partial charge >= 0.3 is 0 Å². The van der Waals surface area contributed by atoms with E-state index in [2.05, 4.69) is 15.7 Å². The smallest absolute Gasteiger partial charge is 0.252 e. The molecule has 1 saturated carbocycles. The lowest BCUT2D eigenvalue weighted by molar-refractivity contribution is 0.0928. The van der Waals surface area contributed by atoms with E-state index in [9.17, 15) is 14.7 Å². The molecule has 8 heteroatoms. The maximum Gasteiger partial charge on any atom is 0.252 e. The molecule has 2 aromatic heterocycles. The number of aromatic nitrogens is 3. The zero-order chi connectivity index (χ0) is 21.3. The summed E-state index contributed by atoms with van der Waals surface area (Å²) in [7, 11) is 0. The van der Waals surface area contributed by atoms with E-state index in [-0.39, 0.29) is 23.6 Å². The normalized spacial score (nSPS) is 13.6. The standard InChI is InChI=1S/C22H25N5O3/c1-13(2)27-20-18(12-25-27)17(11-19(26-20)14-3-4-14)22(30)24-10-9-23-21(29)15-5-7-16(28)8-6-15/h5-8,11-14,28H,3-4,9-10H2,1-2H3,(H,23,29)(H,24,30). The van der Waals surface area contributed by atoms with Crippen LogP contribution in [0.15, 0.2) is 36.5 Å². The van der Waals surface area contributed by atoms with Crippen LogP contribution in [0.4, 0.5) is 0 Å². The number of hydrogen-bond donors (Lipinski definition) is 3. The number of carbonyl (C=O) groups excluding carboxylic acids is 2. The zero-order valence-electron chi connectivity index (χ0n) is 17.1. The van der Waals surface area contributed by atoms with E-state index in [1.807, 2.05) is 24.6 Å². The second-order valence-electron chi connectivity index (χ2n) is 7.85. The van der Waals surface area contributed by atoms with E-state index < -0.39 is 0 Å². The Kier molecular flexibility index (Phi) is 5.39. The number of nitrogens with one attached hydrogen (secondary N) is 2. The van der Waals surface area contributed by atoms with Gasteiger partial charge < -0.3 is 15.7 Å². The highest BCUT2D eigenvalue weighted by Gasteiger charge is 2.28. The molecule has 0 bridgehead atoms. The Morgan fingerprint density at radius 2 is 1.80 bits per heavy atom. The van der Waals surface area contributed by atoms with Crippen LogP contribution in [0, 0.1) is 0 Å². The minimum atomic E-state index is -0.259. The van der Waals surface area contributed by atoms with Crippen molar-refractivity contribution in [2.75, 3.05) is 13.1 Å². The average molecular weight is 407 g/mol. The Morgan fingerprint density at radius 3 is 2.43 bits per heavy atom. The Balaban J connectivity index is 1.43. The second-order valence-corrected chi connectivity index (χ2v) is 7.85. The number of nitrogens with zero attached hydrogens (tertiary/aromatic N) is 3. The average Bonchev–Trinajstić information content (AvgIpc) is 3.49. The predicted molar refractivity (Wildman–Crippen MR) is 113 cm³/mol. The van der Waals surface area contributed by atoms with Crippen LogP contribution in [0.2, 0.25) is 0 Å². The molecule has 0 spiro atoms. The van der Waals surface area contributed by atoms with Gasteiger partial charge in [0, 0.05) is 36.3 Å². The summed E-state index contributed by atoms with van der Waals surface area (Å²) in [5, 5.41) is 20.1. The van der Waals surface area contributed by atoms with E-state index >= 15 is 0 Å². The number of phenolic OH excluding ortho intramolecular Hbond substituents is 1. The number of amides is 2. The molecule has 3 N–H and O–H groups in total. The molecule has 1 aliphatic rings. The molecular weight excluding hydrogens is 382 g/mol. The minimum absolute atomic E-state index is 0.105. The van der Waals surface area contributed by atoms with Gasteiger partial charge in [0.15, 0.2) is 5.65 Å². The quantitative estimate of drug-likeness (QED) is 0.522. The number of phenols is 1. The lowest BCUT2D eigenvalue weighted by Gasteiger charge is -2.11. The topological polar surface area (TPSA) is 109 Å². The van der Waals surface area contributed by atoms with Gasteiger partial charge in [-0.2, -0.15) is 5.10 Å².